The third kappa shape index (κ3) is 3.68. The maximum atomic E-state index is 12.8. The van der Waals surface area contributed by atoms with Crippen molar-refractivity contribution in [1.82, 2.24) is 25.3 Å². The summed E-state index contributed by atoms with van der Waals surface area (Å²) in [6, 6.07) is 7.76. The molecular weight excluding hydrogens is 358 g/mol. The fourth-order valence-electron chi connectivity index (χ4n) is 2.84. The standard InChI is InChI=1S/C20H17N5OS/c1-12-3-4-17-15(7-12)16(8-13(2)24-17)19(26)23-9-14-11-27-20(25-14)18-10-21-5-6-22-18/h3-8,10-11H,9H2,1-2H3,(H,23,26). The molecule has 0 aliphatic carbocycles. The van der Waals surface area contributed by atoms with Crippen LogP contribution in [0.1, 0.15) is 27.3 Å². The second-order valence-electron chi connectivity index (χ2n) is 6.25. The van der Waals surface area contributed by atoms with Gasteiger partial charge in [0.15, 0.2) is 0 Å². The molecule has 27 heavy (non-hydrogen) atoms. The van der Waals surface area contributed by atoms with Gasteiger partial charge in [0, 0.05) is 28.9 Å². The lowest BCUT2D eigenvalue weighted by atomic mass is 10.0. The quantitative estimate of drug-likeness (QED) is 0.588. The van der Waals surface area contributed by atoms with E-state index in [-0.39, 0.29) is 5.91 Å². The molecule has 0 aliphatic rings. The van der Waals surface area contributed by atoms with E-state index in [4.69, 9.17) is 0 Å². The van der Waals surface area contributed by atoms with Gasteiger partial charge in [0.05, 0.1) is 29.5 Å². The highest BCUT2D eigenvalue weighted by atomic mass is 32.1. The molecule has 3 heterocycles. The lowest BCUT2D eigenvalue weighted by Crippen LogP contribution is -2.23. The third-order valence-electron chi connectivity index (χ3n) is 4.10. The number of carbonyl (C=O) groups excluding carboxylic acids is 1. The molecule has 0 atom stereocenters. The van der Waals surface area contributed by atoms with Crippen LogP contribution in [0.15, 0.2) is 48.2 Å². The zero-order chi connectivity index (χ0) is 18.8. The molecule has 0 aliphatic heterocycles. The van der Waals surface area contributed by atoms with Crippen molar-refractivity contribution in [3.63, 3.8) is 0 Å². The summed E-state index contributed by atoms with van der Waals surface area (Å²) in [7, 11) is 0. The summed E-state index contributed by atoms with van der Waals surface area (Å²) in [4.78, 5) is 30.1. The predicted octanol–water partition coefficient (Wildman–Crippen LogP) is 3.70. The van der Waals surface area contributed by atoms with Gasteiger partial charge in [0.1, 0.15) is 10.7 Å². The summed E-state index contributed by atoms with van der Waals surface area (Å²) in [5, 5.41) is 6.52. The van der Waals surface area contributed by atoms with Crippen molar-refractivity contribution in [3.8, 4) is 10.7 Å². The smallest absolute Gasteiger partial charge is 0.252 e. The SMILES string of the molecule is Cc1ccc2nc(C)cc(C(=O)NCc3csc(-c4cnccn4)n3)c2c1. The number of aryl methyl sites for hydroxylation is 2. The average Bonchev–Trinajstić information content (AvgIpc) is 3.15. The van der Waals surface area contributed by atoms with Crippen molar-refractivity contribution in [2.75, 3.05) is 0 Å². The molecule has 1 aromatic carbocycles. The molecule has 134 valence electrons. The molecule has 0 fully saturated rings. The molecule has 6 nitrogen and oxygen atoms in total. The fourth-order valence-corrected chi connectivity index (χ4v) is 3.62. The van der Waals surface area contributed by atoms with E-state index in [9.17, 15) is 4.79 Å². The number of hydrogen-bond donors (Lipinski definition) is 1. The van der Waals surface area contributed by atoms with Crippen LogP contribution in [0.5, 0.6) is 0 Å². The Hall–Kier alpha value is -3.19. The largest absolute Gasteiger partial charge is 0.346 e. The highest BCUT2D eigenvalue weighted by Crippen LogP contribution is 2.22. The Morgan fingerprint density at radius 3 is 2.85 bits per heavy atom. The number of rotatable bonds is 4. The Balaban J connectivity index is 1.54. The van der Waals surface area contributed by atoms with Gasteiger partial charge in [0.2, 0.25) is 0 Å². The van der Waals surface area contributed by atoms with E-state index in [1.54, 1.807) is 18.6 Å². The first-order valence-electron chi connectivity index (χ1n) is 8.47. The van der Waals surface area contributed by atoms with Gasteiger partial charge in [-0.05, 0) is 32.0 Å². The number of amides is 1. The lowest BCUT2D eigenvalue weighted by Gasteiger charge is -2.09. The van der Waals surface area contributed by atoms with Gasteiger partial charge in [-0.2, -0.15) is 0 Å². The second-order valence-corrected chi connectivity index (χ2v) is 7.11. The van der Waals surface area contributed by atoms with Gasteiger partial charge >= 0.3 is 0 Å². The van der Waals surface area contributed by atoms with Crippen LogP contribution in [0.4, 0.5) is 0 Å². The van der Waals surface area contributed by atoms with Crippen molar-refractivity contribution in [2.24, 2.45) is 0 Å². The summed E-state index contributed by atoms with van der Waals surface area (Å²) < 4.78 is 0. The number of pyridine rings is 1. The van der Waals surface area contributed by atoms with Crippen LogP contribution in [-0.2, 0) is 6.54 Å². The maximum absolute atomic E-state index is 12.8. The van der Waals surface area contributed by atoms with Gasteiger partial charge in [-0.1, -0.05) is 11.6 Å². The Morgan fingerprint density at radius 1 is 1.15 bits per heavy atom. The predicted molar refractivity (Wildman–Crippen MR) is 106 cm³/mol. The summed E-state index contributed by atoms with van der Waals surface area (Å²) in [6.45, 7) is 4.25. The van der Waals surface area contributed by atoms with Crippen molar-refractivity contribution in [2.45, 2.75) is 20.4 Å². The highest BCUT2D eigenvalue weighted by molar-refractivity contribution is 7.13. The second kappa shape index (κ2) is 7.20. The van der Waals surface area contributed by atoms with E-state index in [0.717, 1.165) is 38.6 Å². The normalized spacial score (nSPS) is 10.9. The molecule has 1 N–H and O–H groups in total. The number of nitrogens with one attached hydrogen (secondary N) is 1. The van der Waals surface area contributed by atoms with E-state index >= 15 is 0 Å². The Morgan fingerprint density at radius 2 is 2.04 bits per heavy atom. The first-order chi connectivity index (χ1) is 13.1. The topological polar surface area (TPSA) is 80.7 Å². The zero-order valence-electron chi connectivity index (χ0n) is 14.9. The van der Waals surface area contributed by atoms with Crippen LogP contribution in [0.3, 0.4) is 0 Å². The number of carbonyl (C=O) groups is 1. The summed E-state index contributed by atoms with van der Waals surface area (Å²) in [5.41, 5.74) is 4.88. The average molecular weight is 375 g/mol. The number of nitrogens with zero attached hydrogens (tertiary/aromatic N) is 4. The Labute approximate surface area is 160 Å². The Bertz CT molecular complexity index is 1120. The number of hydrogen-bond acceptors (Lipinski definition) is 6. The van der Waals surface area contributed by atoms with Crippen LogP contribution >= 0.6 is 11.3 Å². The number of fused-ring (bicyclic) bond motifs is 1. The van der Waals surface area contributed by atoms with Gasteiger partial charge in [-0.15, -0.1) is 11.3 Å². The number of thiazole rings is 1. The van der Waals surface area contributed by atoms with Gasteiger partial charge in [-0.25, -0.2) is 4.98 Å². The molecule has 0 saturated heterocycles. The molecule has 1 amide bonds. The first-order valence-corrected chi connectivity index (χ1v) is 9.35. The molecular formula is C20H17N5OS. The van der Waals surface area contributed by atoms with Crippen LogP contribution in [0.25, 0.3) is 21.6 Å². The van der Waals surface area contributed by atoms with E-state index < -0.39 is 0 Å². The lowest BCUT2D eigenvalue weighted by molar-refractivity contribution is 0.0952. The van der Waals surface area contributed by atoms with E-state index in [2.05, 4.69) is 25.3 Å². The van der Waals surface area contributed by atoms with Crippen molar-refractivity contribution >= 4 is 28.1 Å². The highest BCUT2D eigenvalue weighted by Gasteiger charge is 2.13. The maximum Gasteiger partial charge on any atom is 0.252 e. The van der Waals surface area contributed by atoms with Crippen molar-refractivity contribution in [1.29, 1.82) is 0 Å². The minimum atomic E-state index is -0.134. The van der Waals surface area contributed by atoms with Gasteiger partial charge < -0.3 is 5.32 Å². The van der Waals surface area contributed by atoms with Crippen molar-refractivity contribution < 1.29 is 4.79 Å². The van der Waals surface area contributed by atoms with Crippen LogP contribution in [-0.4, -0.2) is 25.8 Å². The molecule has 3 aromatic heterocycles. The molecule has 0 spiro atoms. The Kier molecular flexibility index (Phi) is 4.60. The van der Waals surface area contributed by atoms with Crippen LogP contribution in [0, 0.1) is 13.8 Å². The van der Waals surface area contributed by atoms with Crippen LogP contribution < -0.4 is 5.32 Å². The first kappa shape index (κ1) is 17.2. The van der Waals surface area contributed by atoms with Gasteiger partial charge in [-0.3, -0.25) is 19.7 Å². The summed E-state index contributed by atoms with van der Waals surface area (Å²) in [6.07, 6.45) is 4.94. The minimum absolute atomic E-state index is 0.134. The zero-order valence-corrected chi connectivity index (χ0v) is 15.7. The minimum Gasteiger partial charge on any atom is -0.346 e. The van der Waals surface area contributed by atoms with Crippen molar-refractivity contribution in [3.05, 3.63) is 70.8 Å². The molecule has 0 saturated carbocycles. The summed E-state index contributed by atoms with van der Waals surface area (Å²) in [5.74, 6) is -0.134. The van der Waals surface area contributed by atoms with Gasteiger partial charge in [0.25, 0.3) is 5.91 Å². The third-order valence-corrected chi connectivity index (χ3v) is 5.01. The monoisotopic (exact) mass is 375 g/mol. The number of aromatic nitrogens is 4. The molecule has 0 bridgehead atoms. The van der Waals surface area contributed by atoms with Crippen LogP contribution in [0.2, 0.25) is 0 Å². The molecule has 7 heteroatoms. The van der Waals surface area contributed by atoms with E-state index in [0.29, 0.717) is 12.1 Å². The molecule has 0 unspecified atom stereocenters. The molecule has 4 aromatic rings. The molecule has 4 rings (SSSR count). The molecule has 0 radical (unpaired) electrons. The van der Waals surface area contributed by atoms with E-state index in [1.807, 2.05) is 43.5 Å². The number of benzene rings is 1. The van der Waals surface area contributed by atoms with E-state index in [1.165, 1.54) is 11.3 Å². The fraction of sp³-hybridized carbons (Fsp3) is 0.150. The summed E-state index contributed by atoms with van der Waals surface area (Å²) >= 11 is 1.48.